The number of likely N-dealkylation sites (N-methyl/N-ethyl adjacent to an activating group) is 1. The highest BCUT2D eigenvalue weighted by atomic mass is 35.5. The van der Waals surface area contributed by atoms with Crippen LogP contribution < -0.4 is 0 Å². The number of aromatic nitrogens is 2. The number of ether oxygens (including phenoxy) is 1. The number of halogens is 1. The molecule has 0 aliphatic carbocycles. The first kappa shape index (κ1) is 15.8. The zero-order chi connectivity index (χ0) is 14.7. The molecule has 2 rings (SSSR count). The van der Waals surface area contributed by atoms with E-state index in [1.807, 2.05) is 14.0 Å². The van der Waals surface area contributed by atoms with Crippen LogP contribution in [0.3, 0.4) is 0 Å². The van der Waals surface area contributed by atoms with Crippen LogP contribution in [-0.4, -0.2) is 65.5 Å². The lowest BCUT2D eigenvalue weighted by Gasteiger charge is -2.34. The lowest BCUT2D eigenvalue weighted by molar-refractivity contribution is 0.0137. The topological polar surface area (TPSA) is 33.5 Å². The number of nitrogens with zero attached hydrogens (tertiary/aromatic N) is 4. The van der Waals surface area contributed by atoms with Gasteiger partial charge in [-0.2, -0.15) is 5.10 Å². The second-order valence-electron chi connectivity index (χ2n) is 5.67. The number of hydrogen-bond donors (Lipinski definition) is 0. The first-order valence-corrected chi connectivity index (χ1v) is 7.55. The molecule has 20 heavy (non-hydrogen) atoms. The Hall–Kier alpha value is -0.620. The van der Waals surface area contributed by atoms with Gasteiger partial charge in [0, 0.05) is 44.8 Å². The van der Waals surface area contributed by atoms with Gasteiger partial charge in [-0.25, -0.2) is 0 Å². The van der Waals surface area contributed by atoms with Crippen molar-refractivity contribution in [1.82, 2.24) is 19.6 Å². The zero-order valence-corrected chi connectivity index (χ0v) is 13.7. The second kappa shape index (κ2) is 6.89. The Morgan fingerprint density at radius 1 is 1.40 bits per heavy atom. The van der Waals surface area contributed by atoms with Crippen molar-refractivity contribution in [2.45, 2.75) is 26.4 Å². The van der Waals surface area contributed by atoms with Gasteiger partial charge in [0.1, 0.15) is 5.15 Å². The van der Waals surface area contributed by atoms with Gasteiger partial charge in [-0.05, 0) is 20.9 Å². The molecule has 114 valence electrons. The minimum absolute atomic E-state index is 0.527. The molecule has 5 nitrogen and oxygen atoms in total. The molecule has 0 bridgehead atoms. The standard InChI is InChI=1S/C14H25ClN4O/c1-11(19-5-7-20-8-6-19)9-17(3)10-13-12(2)16-18(4)14(13)15/h11H,5-10H2,1-4H3/t11-/m0/s1. The van der Waals surface area contributed by atoms with Gasteiger partial charge in [-0.3, -0.25) is 9.58 Å². The molecule has 0 aromatic carbocycles. The maximum absolute atomic E-state index is 6.29. The van der Waals surface area contributed by atoms with Gasteiger partial charge in [0.15, 0.2) is 0 Å². The van der Waals surface area contributed by atoms with E-state index in [0.717, 1.165) is 55.8 Å². The molecule has 0 N–H and O–H groups in total. The minimum Gasteiger partial charge on any atom is -0.379 e. The fourth-order valence-corrected chi connectivity index (χ4v) is 3.01. The highest BCUT2D eigenvalue weighted by molar-refractivity contribution is 6.30. The Morgan fingerprint density at radius 2 is 2.05 bits per heavy atom. The van der Waals surface area contributed by atoms with Crippen molar-refractivity contribution in [3.05, 3.63) is 16.4 Å². The Morgan fingerprint density at radius 3 is 2.60 bits per heavy atom. The van der Waals surface area contributed by atoms with E-state index in [4.69, 9.17) is 16.3 Å². The van der Waals surface area contributed by atoms with E-state index in [2.05, 4.69) is 28.9 Å². The largest absolute Gasteiger partial charge is 0.379 e. The SMILES string of the molecule is Cc1nn(C)c(Cl)c1CN(C)C[C@H](C)N1CCOCC1. The summed E-state index contributed by atoms with van der Waals surface area (Å²) >= 11 is 6.29. The van der Waals surface area contributed by atoms with Gasteiger partial charge in [0.05, 0.1) is 18.9 Å². The molecule has 1 aliphatic heterocycles. The summed E-state index contributed by atoms with van der Waals surface area (Å²) in [5, 5.41) is 5.11. The molecule has 0 saturated carbocycles. The number of hydrogen-bond acceptors (Lipinski definition) is 4. The van der Waals surface area contributed by atoms with Gasteiger partial charge < -0.3 is 9.64 Å². The van der Waals surface area contributed by atoms with Crippen LogP contribution in [0.4, 0.5) is 0 Å². The molecular formula is C14H25ClN4O. The fourth-order valence-electron chi connectivity index (χ4n) is 2.77. The number of aryl methyl sites for hydroxylation is 2. The summed E-state index contributed by atoms with van der Waals surface area (Å²) in [6, 6.07) is 0.527. The monoisotopic (exact) mass is 300 g/mol. The first-order valence-electron chi connectivity index (χ1n) is 7.17. The van der Waals surface area contributed by atoms with Crippen molar-refractivity contribution in [3.8, 4) is 0 Å². The van der Waals surface area contributed by atoms with Crippen LogP contribution in [0, 0.1) is 6.92 Å². The molecule has 0 radical (unpaired) electrons. The van der Waals surface area contributed by atoms with Gasteiger partial charge >= 0.3 is 0 Å². The fraction of sp³-hybridized carbons (Fsp3) is 0.786. The summed E-state index contributed by atoms with van der Waals surface area (Å²) in [6.45, 7) is 9.91. The summed E-state index contributed by atoms with van der Waals surface area (Å²) in [6.07, 6.45) is 0. The molecule has 2 heterocycles. The summed E-state index contributed by atoms with van der Waals surface area (Å²) in [5.74, 6) is 0. The average Bonchev–Trinajstić information content (AvgIpc) is 2.66. The van der Waals surface area contributed by atoms with Gasteiger partial charge in [0.2, 0.25) is 0 Å². The van der Waals surface area contributed by atoms with Crippen LogP contribution in [0.2, 0.25) is 5.15 Å². The van der Waals surface area contributed by atoms with E-state index in [1.54, 1.807) is 4.68 Å². The Kier molecular flexibility index (Phi) is 5.43. The van der Waals surface area contributed by atoms with Crippen molar-refractivity contribution in [3.63, 3.8) is 0 Å². The third-order valence-corrected chi connectivity index (χ3v) is 4.42. The zero-order valence-electron chi connectivity index (χ0n) is 12.9. The quantitative estimate of drug-likeness (QED) is 0.826. The number of rotatable bonds is 5. The molecule has 1 atom stereocenters. The molecule has 0 amide bonds. The number of morpholine rings is 1. The molecule has 0 spiro atoms. The van der Waals surface area contributed by atoms with Crippen LogP contribution in [0.15, 0.2) is 0 Å². The smallest absolute Gasteiger partial charge is 0.131 e. The molecule has 0 unspecified atom stereocenters. The van der Waals surface area contributed by atoms with E-state index >= 15 is 0 Å². The Bertz CT molecular complexity index is 443. The molecule has 1 aromatic heterocycles. The predicted molar refractivity (Wildman–Crippen MR) is 81.1 cm³/mol. The lowest BCUT2D eigenvalue weighted by atomic mass is 10.2. The van der Waals surface area contributed by atoms with Crippen LogP contribution in [-0.2, 0) is 18.3 Å². The van der Waals surface area contributed by atoms with Gasteiger partial charge in [-0.15, -0.1) is 0 Å². The summed E-state index contributed by atoms with van der Waals surface area (Å²) < 4.78 is 7.14. The van der Waals surface area contributed by atoms with Crippen LogP contribution >= 0.6 is 11.6 Å². The molecule has 1 saturated heterocycles. The molecule has 1 aromatic rings. The van der Waals surface area contributed by atoms with Gasteiger partial charge in [-0.1, -0.05) is 11.6 Å². The van der Waals surface area contributed by atoms with E-state index in [-0.39, 0.29) is 0 Å². The van der Waals surface area contributed by atoms with Gasteiger partial charge in [0.25, 0.3) is 0 Å². The average molecular weight is 301 g/mol. The molecule has 6 heteroatoms. The molecule has 1 fully saturated rings. The summed E-state index contributed by atoms with van der Waals surface area (Å²) in [4.78, 5) is 4.80. The minimum atomic E-state index is 0.527. The second-order valence-corrected chi connectivity index (χ2v) is 6.03. The Balaban J connectivity index is 1.89. The highest BCUT2D eigenvalue weighted by Gasteiger charge is 2.20. The van der Waals surface area contributed by atoms with E-state index < -0.39 is 0 Å². The van der Waals surface area contributed by atoms with Crippen LogP contribution in [0.1, 0.15) is 18.2 Å². The normalized spacial score (nSPS) is 18.7. The summed E-state index contributed by atoms with van der Waals surface area (Å²) in [5.41, 5.74) is 2.15. The van der Waals surface area contributed by atoms with Crippen molar-refractivity contribution >= 4 is 11.6 Å². The van der Waals surface area contributed by atoms with Crippen LogP contribution in [0.5, 0.6) is 0 Å². The predicted octanol–water partition coefficient (Wildman–Crippen LogP) is 1.53. The van der Waals surface area contributed by atoms with E-state index in [0.29, 0.717) is 6.04 Å². The van der Waals surface area contributed by atoms with E-state index in [9.17, 15) is 0 Å². The Labute approximate surface area is 126 Å². The third kappa shape index (κ3) is 3.73. The van der Waals surface area contributed by atoms with Crippen LogP contribution in [0.25, 0.3) is 0 Å². The molecule has 1 aliphatic rings. The first-order chi connectivity index (χ1) is 9.49. The maximum Gasteiger partial charge on any atom is 0.131 e. The summed E-state index contributed by atoms with van der Waals surface area (Å²) in [7, 11) is 4.02. The highest BCUT2D eigenvalue weighted by Crippen LogP contribution is 2.20. The third-order valence-electron chi connectivity index (χ3n) is 3.94. The lowest BCUT2D eigenvalue weighted by Crippen LogP contribution is -2.46. The van der Waals surface area contributed by atoms with Crippen molar-refractivity contribution in [2.75, 3.05) is 39.9 Å². The van der Waals surface area contributed by atoms with Crippen molar-refractivity contribution < 1.29 is 4.74 Å². The maximum atomic E-state index is 6.29. The van der Waals surface area contributed by atoms with E-state index in [1.165, 1.54) is 0 Å². The van der Waals surface area contributed by atoms with Crippen molar-refractivity contribution in [1.29, 1.82) is 0 Å². The van der Waals surface area contributed by atoms with Crippen molar-refractivity contribution in [2.24, 2.45) is 7.05 Å². The molecular weight excluding hydrogens is 276 g/mol.